The summed E-state index contributed by atoms with van der Waals surface area (Å²) in [6, 6.07) is 26.3. The number of hydrazone groups is 1. The van der Waals surface area contributed by atoms with E-state index in [2.05, 4.69) is 10.5 Å². The number of nitrogens with zero attached hydrogens (tertiary/aromatic N) is 2. The molecule has 4 rings (SSSR count). The topological polar surface area (TPSA) is 146 Å². The first-order chi connectivity index (χ1) is 19.8. The first-order valence-corrected chi connectivity index (χ1v) is 12.2. The Hall–Kier alpha value is -5.84. The van der Waals surface area contributed by atoms with Crippen LogP contribution >= 0.6 is 0 Å². The second-order valence-electron chi connectivity index (χ2n) is 8.46. The van der Waals surface area contributed by atoms with E-state index in [1.807, 2.05) is 0 Å². The molecule has 0 fully saturated rings. The third kappa shape index (κ3) is 7.83. The fourth-order valence-corrected chi connectivity index (χ4v) is 3.41. The fraction of sp³-hybridized carbons (Fsp3) is 0.0667. The van der Waals surface area contributed by atoms with Gasteiger partial charge in [0.15, 0.2) is 6.10 Å². The molecule has 0 saturated heterocycles. The highest BCUT2D eigenvalue weighted by Gasteiger charge is 2.17. The molecule has 4 aromatic carbocycles. The molecule has 1 amide bonds. The van der Waals surface area contributed by atoms with E-state index >= 15 is 0 Å². The number of benzene rings is 4. The van der Waals surface area contributed by atoms with Gasteiger partial charge in [0.05, 0.1) is 22.3 Å². The number of esters is 2. The Bertz CT molecular complexity index is 1570. The molecule has 11 nitrogen and oxygen atoms in total. The highest BCUT2D eigenvalue weighted by Crippen LogP contribution is 2.26. The van der Waals surface area contributed by atoms with Crippen LogP contribution in [0.15, 0.2) is 108 Å². The minimum atomic E-state index is -0.983. The average Bonchev–Trinajstić information content (AvgIpc) is 2.99. The smallest absolute Gasteiger partial charge is 0.343 e. The van der Waals surface area contributed by atoms with Gasteiger partial charge < -0.3 is 14.2 Å². The summed E-state index contributed by atoms with van der Waals surface area (Å²) in [5.41, 5.74) is 3.17. The molecule has 0 aliphatic heterocycles. The van der Waals surface area contributed by atoms with Crippen LogP contribution in [0.2, 0.25) is 0 Å². The number of carbonyl (C=O) groups excluding carboxylic acids is 3. The molecule has 4 aromatic rings. The minimum absolute atomic E-state index is 0.0328. The second kappa shape index (κ2) is 13.3. The number of carbonyl (C=O) groups is 3. The van der Waals surface area contributed by atoms with E-state index in [1.165, 1.54) is 55.6 Å². The fourth-order valence-electron chi connectivity index (χ4n) is 3.41. The Morgan fingerprint density at radius 2 is 1.37 bits per heavy atom. The lowest BCUT2D eigenvalue weighted by molar-refractivity contribution is -0.384. The maximum atomic E-state index is 12.7. The standard InChI is InChI=1S/C30H23N3O8/c1-20(39-25-16-13-24(14-17-25)33(37)38)28(34)32-31-19-23-12-15-26(40-29(35)21-8-4-2-5-9-21)18-27(23)41-30(36)22-10-6-3-7-11-22/h2-20H,1H3,(H,32,34). The van der Waals surface area contributed by atoms with E-state index < -0.39 is 28.9 Å². The van der Waals surface area contributed by atoms with Gasteiger partial charge in [-0.05, 0) is 55.5 Å². The van der Waals surface area contributed by atoms with E-state index in [4.69, 9.17) is 14.2 Å². The number of hydrogen-bond donors (Lipinski definition) is 1. The number of amides is 1. The highest BCUT2D eigenvalue weighted by molar-refractivity contribution is 5.94. The monoisotopic (exact) mass is 553 g/mol. The summed E-state index contributed by atoms with van der Waals surface area (Å²) >= 11 is 0. The molecule has 0 spiro atoms. The first kappa shape index (κ1) is 28.2. The van der Waals surface area contributed by atoms with Crippen LogP contribution in [0.3, 0.4) is 0 Å². The number of nitrogens with one attached hydrogen (secondary N) is 1. The van der Waals surface area contributed by atoms with E-state index in [1.54, 1.807) is 60.7 Å². The number of nitro benzene ring substituents is 1. The molecule has 1 unspecified atom stereocenters. The zero-order chi connectivity index (χ0) is 29.2. The van der Waals surface area contributed by atoms with Crippen molar-refractivity contribution in [2.24, 2.45) is 5.10 Å². The van der Waals surface area contributed by atoms with Crippen LogP contribution in [0.25, 0.3) is 0 Å². The average molecular weight is 554 g/mol. The van der Waals surface area contributed by atoms with Gasteiger partial charge >= 0.3 is 11.9 Å². The van der Waals surface area contributed by atoms with Crippen molar-refractivity contribution in [2.45, 2.75) is 13.0 Å². The van der Waals surface area contributed by atoms with Crippen LogP contribution in [-0.2, 0) is 4.79 Å². The number of non-ortho nitro benzene ring substituents is 1. The SMILES string of the molecule is CC(Oc1ccc([N+](=O)[O-])cc1)C(=O)NN=Cc1ccc(OC(=O)c2ccccc2)cc1OC(=O)c1ccccc1. The summed E-state index contributed by atoms with van der Waals surface area (Å²) in [7, 11) is 0. The van der Waals surface area contributed by atoms with Crippen LogP contribution in [0.5, 0.6) is 17.2 Å². The van der Waals surface area contributed by atoms with E-state index in [0.717, 1.165) is 0 Å². The normalized spacial score (nSPS) is 11.3. The van der Waals surface area contributed by atoms with E-state index in [9.17, 15) is 24.5 Å². The van der Waals surface area contributed by atoms with Crippen LogP contribution in [-0.4, -0.2) is 35.1 Å². The summed E-state index contributed by atoms with van der Waals surface area (Å²) in [6.45, 7) is 1.48. The van der Waals surface area contributed by atoms with Crippen molar-refractivity contribution in [1.29, 1.82) is 0 Å². The number of ether oxygens (including phenoxy) is 3. The zero-order valence-electron chi connectivity index (χ0n) is 21.6. The summed E-state index contributed by atoms with van der Waals surface area (Å²) in [5.74, 6) is -1.43. The predicted octanol–water partition coefficient (Wildman–Crippen LogP) is 4.95. The van der Waals surface area contributed by atoms with Gasteiger partial charge in [0.2, 0.25) is 0 Å². The molecule has 0 saturated carbocycles. The zero-order valence-corrected chi connectivity index (χ0v) is 21.6. The summed E-state index contributed by atoms with van der Waals surface area (Å²) in [4.78, 5) is 47.9. The molecule has 0 aliphatic rings. The Kier molecular flexibility index (Phi) is 9.13. The molecule has 1 N–H and O–H groups in total. The molecule has 0 aromatic heterocycles. The van der Waals surface area contributed by atoms with Crippen molar-refractivity contribution in [3.05, 3.63) is 130 Å². The van der Waals surface area contributed by atoms with Gasteiger partial charge in [0.25, 0.3) is 11.6 Å². The van der Waals surface area contributed by atoms with Gasteiger partial charge in [-0.25, -0.2) is 15.0 Å². The maximum absolute atomic E-state index is 12.7. The Labute approximate surface area is 234 Å². The number of rotatable bonds is 10. The van der Waals surface area contributed by atoms with E-state index in [0.29, 0.717) is 16.7 Å². The molecule has 206 valence electrons. The lowest BCUT2D eigenvalue weighted by atomic mass is 10.2. The molecule has 0 radical (unpaired) electrons. The van der Waals surface area contributed by atoms with Crippen molar-refractivity contribution in [3.63, 3.8) is 0 Å². The minimum Gasteiger partial charge on any atom is -0.481 e. The summed E-state index contributed by atoms with van der Waals surface area (Å²) < 4.78 is 16.5. The van der Waals surface area contributed by atoms with Crippen LogP contribution in [0, 0.1) is 10.1 Å². The van der Waals surface area contributed by atoms with Crippen molar-refractivity contribution >= 4 is 29.7 Å². The van der Waals surface area contributed by atoms with Gasteiger partial charge in [0, 0.05) is 23.8 Å². The third-order valence-corrected chi connectivity index (χ3v) is 5.53. The van der Waals surface area contributed by atoms with Crippen molar-refractivity contribution in [3.8, 4) is 17.2 Å². The van der Waals surface area contributed by atoms with Gasteiger partial charge in [0.1, 0.15) is 17.2 Å². The van der Waals surface area contributed by atoms with Gasteiger partial charge in [-0.1, -0.05) is 36.4 Å². The van der Waals surface area contributed by atoms with Gasteiger partial charge in [-0.2, -0.15) is 5.10 Å². The van der Waals surface area contributed by atoms with Crippen LogP contribution in [0.1, 0.15) is 33.2 Å². The number of hydrogen-bond acceptors (Lipinski definition) is 9. The Balaban J connectivity index is 1.47. The molecule has 1 atom stereocenters. The highest BCUT2D eigenvalue weighted by atomic mass is 16.6. The second-order valence-corrected chi connectivity index (χ2v) is 8.46. The van der Waals surface area contributed by atoms with Crippen molar-refractivity contribution < 1.29 is 33.5 Å². The van der Waals surface area contributed by atoms with E-state index in [-0.39, 0.29) is 22.9 Å². The van der Waals surface area contributed by atoms with Crippen LogP contribution < -0.4 is 19.6 Å². The molecule has 0 bridgehead atoms. The van der Waals surface area contributed by atoms with Crippen LogP contribution in [0.4, 0.5) is 5.69 Å². The summed E-state index contributed by atoms with van der Waals surface area (Å²) in [6.07, 6.45) is 0.274. The van der Waals surface area contributed by atoms with Crippen molar-refractivity contribution in [2.75, 3.05) is 0 Å². The molecular weight excluding hydrogens is 530 g/mol. The van der Waals surface area contributed by atoms with Crippen molar-refractivity contribution in [1.82, 2.24) is 5.43 Å². The molecule has 0 heterocycles. The third-order valence-electron chi connectivity index (χ3n) is 5.53. The maximum Gasteiger partial charge on any atom is 0.343 e. The quantitative estimate of drug-likeness (QED) is 0.0954. The first-order valence-electron chi connectivity index (χ1n) is 12.2. The lowest BCUT2D eigenvalue weighted by Crippen LogP contribution is -2.33. The lowest BCUT2D eigenvalue weighted by Gasteiger charge is -2.13. The molecule has 41 heavy (non-hydrogen) atoms. The van der Waals surface area contributed by atoms with Gasteiger partial charge in [-0.15, -0.1) is 0 Å². The molecule has 0 aliphatic carbocycles. The molecule has 11 heteroatoms. The summed E-state index contributed by atoms with van der Waals surface area (Å²) in [5, 5.41) is 14.7. The van der Waals surface area contributed by atoms with Gasteiger partial charge in [-0.3, -0.25) is 14.9 Å². The Morgan fingerprint density at radius 3 is 1.95 bits per heavy atom. The largest absolute Gasteiger partial charge is 0.481 e. The number of nitro groups is 1. The molecular formula is C30H23N3O8. The predicted molar refractivity (Wildman–Crippen MR) is 148 cm³/mol. The Morgan fingerprint density at radius 1 is 0.805 bits per heavy atom.